The number of nitriles is 1. The lowest BCUT2D eigenvalue weighted by Crippen LogP contribution is -2.35. The third-order valence-electron chi connectivity index (χ3n) is 3.64. The largest absolute Gasteiger partial charge is 0.352 e. The van der Waals surface area contributed by atoms with Gasteiger partial charge in [-0.3, -0.25) is 4.79 Å². The average molecular weight is 278 g/mol. The summed E-state index contributed by atoms with van der Waals surface area (Å²) in [6, 6.07) is 8.93. The van der Waals surface area contributed by atoms with Crippen LogP contribution in [0.4, 0.5) is 8.78 Å². The summed E-state index contributed by atoms with van der Waals surface area (Å²) in [5.74, 6) is -3.08. The van der Waals surface area contributed by atoms with Crippen molar-refractivity contribution >= 4 is 5.91 Å². The van der Waals surface area contributed by atoms with E-state index >= 15 is 0 Å². The molecule has 0 saturated heterocycles. The summed E-state index contributed by atoms with van der Waals surface area (Å²) in [6.07, 6.45) is 0.0717. The highest BCUT2D eigenvalue weighted by Gasteiger charge is 2.37. The molecule has 0 bridgehead atoms. The van der Waals surface area contributed by atoms with Crippen molar-refractivity contribution < 1.29 is 13.6 Å². The van der Waals surface area contributed by atoms with Crippen LogP contribution in [0.15, 0.2) is 24.3 Å². The van der Waals surface area contributed by atoms with Gasteiger partial charge in [0, 0.05) is 25.3 Å². The Morgan fingerprint density at radius 2 is 1.90 bits per heavy atom. The fourth-order valence-electron chi connectivity index (χ4n) is 2.33. The molecule has 20 heavy (non-hydrogen) atoms. The molecule has 106 valence electrons. The van der Waals surface area contributed by atoms with Crippen molar-refractivity contribution in [3.8, 4) is 6.07 Å². The summed E-state index contributed by atoms with van der Waals surface area (Å²) in [5, 5.41) is 11.4. The fourth-order valence-corrected chi connectivity index (χ4v) is 2.33. The van der Waals surface area contributed by atoms with Crippen molar-refractivity contribution in [2.75, 3.05) is 0 Å². The quantitative estimate of drug-likeness (QED) is 0.924. The van der Waals surface area contributed by atoms with Crippen LogP contribution in [0.25, 0.3) is 0 Å². The first-order chi connectivity index (χ1) is 9.50. The van der Waals surface area contributed by atoms with Gasteiger partial charge < -0.3 is 5.32 Å². The minimum absolute atomic E-state index is 0.162. The van der Waals surface area contributed by atoms with Crippen LogP contribution in [0.3, 0.4) is 0 Å². The van der Waals surface area contributed by atoms with Crippen LogP contribution < -0.4 is 5.32 Å². The van der Waals surface area contributed by atoms with Crippen molar-refractivity contribution in [1.29, 1.82) is 5.26 Å². The second-order valence-electron chi connectivity index (χ2n) is 5.16. The van der Waals surface area contributed by atoms with E-state index < -0.39 is 5.92 Å². The first-order valence-corrected chi connectivity index (χ1v) is 6.65. The van der Waals surface area contributed by atoms with Gasteiger partial charge >= 0.3 is 0 Å². The number of amides is 1. The van der Waals surface area contributed by atoms with Crippen molar-refractivity contribution in [3.63, 3.8) is 0 Å². The Hall–Kier alpha value is -1.96. The molecular formula is C15H16F2N2O. The number of carbonyl (C=O) groups is 1. The van der Waals surface area contributed by atoms with Gasteiger partial charge in [-0.2, -0.15) is 5.26 Å². The normalized spacial score (nSPS) is 18.2. The number of hydrogen-bond donors (Lipinski definition) is 1. The minimum Gasteiger partial charge on any atom is -0.352 e. The number of benzene rings is 1. The van der Waals surface area contributed by atoms with Gasteiger partial charge in [-0.1, -0.05) is 12.1 Å². The van der Waals surface area contributed by atoms with E-state index in [0.29, 0.717) is 12.1 Å². The number of hydrogen-bond acceptors (Lipinski definition) is 2. The molecule has 0 atom stereocenters. The van der Waals surface area contributed by atoms with Gasteiger partial charge in [-0.25, -0.2) is 8.78 Å². The Morgan fingerprint density at radius 3 is 2.45 bits per heavy atom. The van der Waals surface area contributed by atoms with Crippen LogP contribution in [-0.4, -0.2) is 11.8 Å². The maximum absolute atomic E-state index is 13.0. The van der Waals surface area contributed by atoms with Gasteiger partial charge in [0.1, 0.15) is 0 Å². The molecule has 1 N–H and O–H groups in total. The molecule has 0 heterocycles. The van der Waals surface area contributed by atoms with Crippen LogP contribution >= 0.6 is 0 Å². The van der Waals surface area contributed by atoms with Crippen LogP contribution in [0, 0.1) is 17.2 Å². The maximum atomic E-state index is 13.0. The first kappa shape index (κ1) is 14.4. The molecule has 0 radical (unpaired) electrons. The first-order valence-electron chi connectivity index (χ1n) is 6.65. The standard InChI is InChI=1S/C15H16F2N2O/c16-15(17)7-5-13(6-8-15)14(20)19-10-12-3-1-11(9-18)2-4-12/h1-4,13H,5-8,10H2,(H,19,20). The molecule has 0 aliphatic heterocycles. The van der Waals surface area contributed by atoms with Crippen LogP contribution in [0.2, 0.25) is 0 Å². The van der Waals surface area contributed by atoms with Crippen LogP contribution in [-0.2, 0) is 11.3 Å². The number of rotatable bonds is 3. The van der Waals surface area contributed by atoms with E-state index in [9.17, 15) is 13.6 Å². The summed E-state index contributed by atoms with van der Waals surface area (Å²) >= 11 is 0. The molecule has 0 unspecified atom stereocenters. The lowest BCUT2D eigenvalue weighted by atomic mass is 9.86. The second-order valence-corrected chi connectivity index (χ2v) is 5.16. The zero-order valence-corrected chi connectivity index (χ0v) is 11.0. The summed E-state index contributed by atoms with van der Waals surface area (Å²) in [4.78, 5) is 11.9. The zero-order valence-electron chi connectivity index (χ0n) is 11.0. The Bertz CT molecular complexity index is 510. The van der Waals surface area contributed by atoms with Crippen molar-refractivity contribution in [2.45, 2.75) is 38.2 Å². The molecule has 5 heteroatoms. The van der Waals surface area contributed by atoms with Gasteiger partial charge in [0.05, 0.1) is 11.6 Å². The Morgan fingerprint density at radius 1 is 1.30 bits per heavy atom. The van der Waals surface area contributed by atoms with E-state index in [1.807, 2.05) is 6.07 Å². The summed E-state index contributed by atoms with van der Waals surface area (Å²) in [7, 11) is 0. The summed E-state index contributed by atoms with van der Waals surface area (Å²) in [5.41, 5.74) is 1.45. The smallest absolute Gasteiger partial charge is 0.248 e. The highest BCUT2D eigenvalue weighted by molar-refractivity contribution is 5.78. The van der Waals surface area contributed by atoms with Gasteiger partial charge in [0.15, 0.2) is 0 Å². The van der Waals surface area contributed by atoms with Crippen molar-refractivity contribution in [2.24, 2.45) is 5.92 Å². The Balaban J connectivity index is 1.82. The van der Waals surface area contributed by atoms with Crippen molar-refractivity contribution in [1.82, 2.24) is 5.32 Å². The number of nitrogens with zero attached hydrogens (tertiary/aromatic N) is 1. The predicted molar refractivity (Wildman–Crippen MR) is 69.9 cm³/mol. The molecule has 1 saturated carbocycles. The van der Waals surface area contributed by atoms with Crippen LogP contribution in [0.5, 0.6) is 0 Å². The Kier molecular flexibility index (Phi) is 4.33. The third-order valence-corrected chi connectivity index (χ3v) is 3.64. The molecule has 0 spiro atoms. The summed E-state index contributed by atoms with van der Waals surface area (Å²) in [6.45, 7) is 0.359. The van der Waals surface area contributed by atoms with E-state index in [1.165, 1.54) is 0 Å². The second kappa shape index (κ2) is 6.00. The topological polar surface area (TPSA) is 52.9 Å². The molecule has 0 aromatic heterocycles. The Labute approximate surface area is 116 Å². The zero-order chi connectivity index (χ0) is 14.6. The molecule has 1 aliphatic carbocycles. The molecule has 1 aromatic rings. The van der Waals surface area contributed by atoms with Crippen LogP contribution in [0.1, 0.15) is 36.8 Å². The molecule has 1 aliphatic rings. The van der Waals surface area contributed by atoms with Crippen molar-refractivity contribution in [3.05, 3.63) is 35.4 Å². The predicted octanol–water partition coefficient (Wildman–Crippen LogP) is 3.00. The van der Waals surface area contributed by atoms with Gasteiger partial charge in [-0.05, 0) is 30.5 Å². The number of nitrogens with one attached hydrogen (secondary N) is 1. The lowest BCUT2D eigenvalue weighted by Gasteiger charge is -2.27. The minimum atomic E-state index is -2.61. The molecule has 1 amide bonds. The number of alkyl halides is 2. The van der Waals surface area contributed by atoms with E-state index in [1.54, 1.807) is 24.3 Å². The number of halogens is 2. The van der Waals surface area contributed by atoms with Gasteiger partial charge in [0.2, 0.25) is 11.8 Å². The van der Waals surface area contributed by atoms with E-state index in [4.69, 9.17) is 5.26 Å². The lowest BCUT2D eigenvalue weighted by molar-refractivity contribution is -0.129. The highest BCUT2D eigenvalue weighted by atomic mass is 19.3. The average Bonchev–Trinajstić information content (AvgIpc) is 2.45. The molecular weight excluding hydrogens is 262 g/mol. The highest BCUT2D eigenvalue weighted by Crippen LogP contribution is 2.36. The van der Waals surface area contributed by atoms with Gasteiger partial charge in [-0.15, -0.1) is 0 Å². The maximum Gasteiger partial charge on any atom is 0.248 e. The molecule has 3 nitrogen and oxygen atoms in total. The third kappa shape index (κ3) is 3.77. The molecule has 1 aromatic carbocycles. The number of carbonyl (C=O) groups excluding carboxylic acids is 1. The van der Waals surface area contributed by atoms with E-state index in [-0.39, 0.29) is 37.5 Å². The SMILES string of the molecule is N#Cc1ccc(CNC(=O)C2CCC(F)(F)CC2)cc1. The fraction of sp³-hybridized carbons (Fsp3) is 0.467. The van der Waals surface area contributed by atoms with Gasteiger partial charge in [0.25, 0.3) is 0 Å². The molecule has 2 rings (SSSR count). The van der Waals surface area contributed by atoms with E-state index in [2.05, 4.69) is 5.32 Å². The molecule has 1 fully saturated rings. The van der Waals surface area contributed by atoms with E-state index in [0.717, 1.165) is 5.56 Å². The summed E-state index contributed by atoms with van der Waals surface area (Å²) < 4.78 is 26.0. The monoisotopic (exact) mass is 278 g/mol.